The maximum absolute atomic E-state index is 14.0. The van der Waals surface area contributed by atoms with E-state index < -0.39 is 11.9 Å². The first-order valence-electron chi connectivity index (χ1n) is 6.54. The highest BCUT2D eigenvalue weighted by Crippen LogP contribution is 2.22. The van der Waals surface area contributed by atoms with E-state index in [1.54, 1.807) is 22.9 Å². The van der Waals surface area contributed by atoms with Gasteiger partial charge in [0.15, 0.2) is 0 Å². The Hall–Kier alpha value is -2.12. The first-order valence-corrected chi connectivity index (χ1v) is 6.54. The van der Waals surface area contributed by atoms with Crippen LogP contribution in [0.4, 0.5) is 4.39 Å². The van der Waals surface area contributed by atoms with Crippen LogP contribution in [0.2, 0.25) is 0 Å². The maximum Gasteiger partial charge on any atom is 0.145 e. The van der Waals surface area contributed by atoms with Crippen molar-refractivity contribution in [3.8, 4) is 6.07 Å². The second-order valence-electron chi connectivity index (χ2n) is 5.20. The van der Waals surface area contributed by atoms with Gasteiger partial charge in [0.05, 0.1) is 11.7 Å². The summed E-state index contributed by atoms with van der Waals surface area (Å²) in [6.07, 6.45) is 3.09. The van der Waals surface area contributed by atoms with Gasteiger partial charge in [-0.25, -0.2) is 4.39 Å². The molecule has 0 radical (unpaired) electrons. The zero-order valence-electron chi connectivity index (χ0n) is 11.5. The van der Waals surface area contributed by atoms with E-state index in [0.717, 1.165) is 5.56 Å². The number of hydrogen-bond donors (Lipinski definition) is 1. The molecule has 1 aromatic carbocycles. The van der Waals surface area contributed by atoms with Crippen LogP contribution in [0.15, 0.2) is 36.7 Å². The van der Waals surface area contributed by atoms with Crippen LogP contribution in [0.25, 0.3) is 0 Å². The minimum Gasteiger partial charge on any atom is -0.388 e. The second kappa shape index (κ2) is 5.89. The van der Waals surface area contributed by atoms with Gasteiger partial charge in [-0.1, -0.05) is 26.0 Å². The smallest absolute Gasteiger partial charge is 0.145 e. The number of aliphatic hydroxyl groups excluding tert-OH is 1. The molecule has 0 spiro atoms. The molecular weight excluding hydrogens is 255 g/mol. The number of nitriles is 1. The van der Waals surface area contributed by atoms with Crippen molar-refractivity contribution < 1.29 is 9.50 Å². The molecule has 0 aliphatic rings. The molecule has 2 rings (SSSR count). The number of rotatable bonds is 4. The van der Waals surface area contributed by atoms with E-state index in [2.05, 4.69) is 0 Å². The van der Waals surface area contributed by atoms with E-state index in [-0.39, 0.29) is 11.5 Å². The predicted molar refractivity (Wildman–Crippen MR) is 74.4 cm³/mol. The zero-order chi connectivity index (χ0) is 14.7. The highest BCUT2D eigenvalue weighted by Gasteiger charge is 2.14. The van der Waals surface area contributed by atoms with Crippen molar-refractivity contribution in [1.29, 1.82) is 5.26 Å². The van der Waals surface area contributed by atoms with Crippen molar-refractivity contribution in [2.75, 3.05) is 0 Å². The SMILES string of the molecule is CC(C)C(O)c1ccn(Cc2cccc(C#N)c2F)c1. The molecule has 1 N–H and O–H groups in total. The van der Waals surface area contributed by atoms with Gasteiger partial charge < -0.3 is 9.67 Å². The highest BCUT2D eigenvalue weighted by molar-refractivity contribution is 5.35. The summed E-state index contributed by atoms with van der Waals surface area (Å²) < 4.78 is 15.8. The molecule has 104 valence electrons. The van der Waals surface area contributed by atoms with Crippen molar-refractivity contribution in [1.82, 2.24) is 4.57 Å². The Balaban J connectivity index is 2.22. The van der Waals surface area contributed by atoms with E-state index >= 15 is 0 Å². The predicted octanol–water partition coefficient (Wildman–Crippen LogP) is 3.24. The lowest BCUT2D eigenvalue weighted by molar-refractivity contribution is 0.127. The number of nitrogens with zero attached hydrogens (tertiary/aromatic N) is 2. The number of benzene rings is 1. The molecule has 20 heavy (non-hydrogen) atoms. The molecule has 0 saturated carbocycles. The van der Waals surface area contributed by atoms with Crippen molar-refractivity contribution in [3.63, 3.8) is 0 Å². The fourth-order valence-corrected chi connectivity index (χ4v) is 2.10. The van der Waals surface area contributed by atoms with Crippen LogP contribution in [0.5, 0.6) is 0 Å². The molecule has 2 aromatic rings. The van der Waals surface area contributed by atoms with Gasteiger partial charge in [-0.3, -0.25) is 0 Å². The standard InChI is InChI=1S/C16H17FN2O/c1-11(2)16(20)14-6-7-19(10-14)9-13-5-3-4-12(8-18)15(13)17/h3-7,10-11,16,20H,9H2,1-2H3. The van der Waals surface area contributed by atoms with Crippen molar-refractivity contribution in [3.05, 3.63) is 59.2 Å². The Morgan fingerprint density at radius 3 is 2.75 bits per heavy atom. The van der Waals surface area contributed by atoms with Gasteiger partial charge in [0.2, 0.25) is 0 Å². The summed E-state index contributed by atoms with van der Waals surface area (Å²) in [6.45, 7) is 4.22. The first kappa shape index (κ1) is 14.3. The third-order valence-electron chi connectivity index (χ3n) is 3.30. The van der Waals surface area contributed by atoms with Gasteiger partial charge in [0.1, 0.15) is 11.9 Å². The van der Waals surface area contributed by atoms with Crippen LogP contribution in [-0.2, 0) is 6.54 Å². The molecule has 1 atom stereocenters. The molecule has 0 aliphatic carbocycles. The second-order valence-corrected chi connectivity index (χ2v) is 5.20. The van der Waals surface area contributed by atoms with E-state index in [4.69, 9.17) is 5.26 Å². The van der Waals surface area contributed by atoms with Crippen molar-refractivity contribution in [2.45, 2.75) is 26.5 Å². The molecule has 0 bridgehead atoms. The highest BCUT2D eigenvalue weighted by atomic mass is 19.1. The molecule has 1 aromatic heterocycles. The Bertz CT molecular complexity index is 640. The largest absolute Gasteiger partial charge is 0.388 e. The van der Waals surface area contributed by atoms with Crippen LogP contribution < -0.4 is 0 Å². The lowest BCUT2D eigenvalue weighted by Gasteiger charge is -2.12. The van der Waals surface area contributed by atoms with Crippen LogP contribution in [0.1, 0.15) is 36.6 Å². The molecule has 0 amide bonds. The normalized spacial score (nSPS) is 12.4. The minimum atomic E-state index is -0.522. The van der Waals surface area contributed by atoms with Gasteiger partial charge >= 0.3 is 0 Å². The number of aromatic nitrogens is 1. The lowest BCUT2D eigenvalue weighted by atomic mass is 10.0. The van der Waals surface area contributed by atoms with Crippen LogP contribution in [-0.4, -0.2) is 9.67 Å². The average Bonchev–Trinajstić information content (AvgIpc) is 2.88. The van der Waals surface area contributed by atoms with Crippen LogP contribution in [0, 0.1) is 23.1 Å². The van der Waals surface area contributed by atoms with E-state index in [1.165, 1.54) is 6.07 Å². The van der Waals surface area contributed by atoms with Crippen LogP contribution in [0.3, 0.4) is 0 Å². The van der Waals surface area contributed by atoms with Gasteiger partial charge in [-0.05, 0) is 23.6 Å². The van der Waals surface area contributed by atoms with E-state index in [0.29, 0.717) is 12.1 Å². The summed E-state index contributed by atoms with van der Waals surface area (Å²) in [5.74, 6) is -0.348. The fourth-order valence-electron chi connectivity index (χ4n) is 2.10. The van der Waals surface area contributed by atoms with E-state index in [9.17, 15) is 9.50 Å². The molecule has 1 heterocycles. The number of aliphatic hydroxyl groups is 1. The lowest BCUT2D eigenvalue weighted by Crippen LogP contribution is -2.05. The maximum atomic E-state index is 14.0. The molecule has 4 heteroatoms. The average molecular weight is 272 g/mol. The summed E-state index contributed by atoms with van der Waals surface area (Å²) >= 11 is 0. The molecule has 0 fully saturated rings. The Morgan fingerprint density at radius 2 is 2.10 bits per heavy atom. The van der Waals surface area contributed by atoms with Gasteiger partial charge in [0.25, 0.3) is 0 Å². The molecular formula is C16H17FN2O. The summed E-state index contributed by atoms with van der Waals surface area (Å²) in [5, 5.41) is 18.8. The molecule has 3 nitrogen and oxygen atoms in total. The van der Waals surface area contributed by atoms with Crippen LogP contribution >= 0.6 is 0 Å². The number of hydrogen-bond acceptors (Lipinski definition) is 2. The minimum absolute atomic E-state index is 0.0529. The van der Waals surface area contributed by atoms with Gasteiger partial charge in [-0.2, -0.15) is 5.26 Å². The quantitative estimate of drug-likeness (QED) is 0.928. The van der Waals surface area contributed by atoms with Gasteiger partial charge in [-0.15, -0.1) is 0 Å². The third kappa shape index (κ3) is 2.89. The molecule has 0 saturated heterocycles. The zero-order valence-corrected chi connectivity index (χ0v) is 11.5. The van der Waals surface area contributed by atoms with Crippen molar-refractivity contribution >= 4 is 0 Å². The monoisotopic (exact) mass is 272 g/mol. The summed E-state index contributed by atoms with van der Waals surface area (Å²) in [7, 11) is 0. The third-order valence-corrected chi connectivity index (χ3v) is 3.30. The summed E-state index contributed by atoms with van der Waals surface area (Å²) in [6, 6.07) is 8.46. The summed E-state index contributed by atoms with van der Waals surface area (Å²) in [5.41, 5.74) is 1.33. The fraction of sp³-hybridized carbons (Fsp3) is 0.312. The van der Waals surface area contributed by atoms with Gasteiger partial charge in [0, 0.05) is 24.5 Å². The Labute approximate surface area is 117 Å². The first-order chi connectivity index (χ1) is 9.52. The van der Waals surface area contributed by atoms with Crippen molar-refractivity contribution in [2.24, 2.45) is 5.92 Å². The Morgan fingerprint density at radius 1 is 1.35 bits per heavy atom. The summed E-state index contributed by atoms with van der Waals surface area (Å²) in [4.78, 5) is 0. The topological polar surface area (TPSA) is 49.0 Å². The molecule has 1 unspecified atom stereocenters. The Kier molecular flexibility index (Phi) is 4.21. The number of halogens is 1. The molecule has 0 aliphatic heterocycles. The van der Waals surface area contributed by atoms with E-state index in [1.807, 2.05) is 32.2 Å².